The van der Waals surface area contributed by atoms with Crippen LogP contribution in [0.15, 0.2) is 18.2 Å². The van der Waals surface area contributed by atoms with Gasteiger partial charge in [0.2, 0.25) is 5.91 Å². The predicted octanol–water partition coefficient (Wildman–Crippen LogP) is 2.05. The van der Waals surface area contributed by atoms with Crippen LogP contribution in [0.2, 0.25) is 0 Å². The summed E-state index contributed by atoms with van der Waals surface area (Å²) in [5, 5.41) is 0. The molecule has 0 saturated heterocycles. The van der Waals surface area contributed by atoms with Gasteiger partial charge in [-0.05, 0) is 24.6 Å². The van der Waals surface area contributed by atoms with Gasteiger partial charge in [-0.15, -0.1) is 0 Å². The first kappa shape index (κ1) is 16.8. The third kappa shape index (κ3) is 5.33. The number of unbranched alkanes of at least 4 members (excludes halogenated alkanes) is 1. The van der Waals surface area contributed by atoms with E-state index in [9.17, 15) is 9.59 Å². The van der Waals surface area contributed by atoms with Crippen molar-refractivity contribution in [2.75, 3.05) is 13.7 Å². The third-order valence-corrected chi connectivity index (χ3v) is 2.82. The van der Waals surface area contributed by atoms with Gasteiger partial charge >= 0.3 is 0 Å². The second-order valence-corrected chi connectivity index (χ2v) is 4.42. The first-order chi connectivity index (χ1) is 10.1. The molecule has 0 aliphatic heterocycles. The number of benzene rings is 1. The molecule has 6 nitrogen and oxygen atoms in total. The van der Waals surface area contributed by atoms with E-state index in [2.05, 4.69) is 17.8 Å². The summed E-state index contributed by atoms with van der Waals surface area (Å²) in [5.41, 5.74) is 5.03. The fraction of sp³-hybridized carbons (Fsp3) is 0.467. The topological polar surface area (TPSA) is 76.7 Å². The van der Waals surface area contributed by atoms with E-state index in [4.69, 9.17) is 9.47 Å². The maximum atomic E-state index is 11.9. The molecule has 116 valence electrons. The Morgan fingerprint density at radius 2 is 1.90 bits per heavy atom. The molecule has 1 rings (SSSR count). The minimum atomic E-state index is -0.407. The summed E-state index contributed by atoms with van der Waals surface area (Å²) in [5.74, 6) is 0.422. The summed E-state index contributed by atoms with van der Waals surface area (Å²) >= 11 is 0. The number of methoxy groups -OCH3 is 1. The molecule has 0 radical (unpaired) electrons. The Bertz CT molecular complexity index is 489. The minimum absolute atomic E-state index is 0.255. The molecule has 0 atom stereocenters. The Balaban J connectivity index is 2.71. The van der Waals surface area contributed by atoms with Crippen molar-refractivity contribution < 1.29 is 19.1 Å². The summed E-state index contributed by atoms with van der Waals surface area (Å²) < 4.78 is 10.8. The van der Waals surface area contributed by atoms with Gasteiger partial charge in [-0.3, -0.25) is 20.4 Å². The number of hydrazine groups is 1. The van der Waals surface area contributed by atoms with Crippen molar-refractivity contribution >= 4 is 11.8 Å². The Hall–Kier alpha value is -2.24. The summed E-state index contributed by atoms with van der Waals surface area (Å²) in [6.07, 6.45) is 2.29. The van der Waals surface area contributed by atoms with Crippen molar-refractivity contribution in [3.05, 3.63) is 23.8 Å². The van der Waals surface area contributed by atoms with Crippen LogP contribution in [0.5, 0.6) is 11.5 Å². The van der Waals surface area contributed by atoms with Crippen LogP contribution in [0.3, 0.4) is 0 Å². The fourth-order valence-corrected chi connectivity index (χ4v) is 1.54. The van der Waals surface area contributed by atoms with Crippen LogP contribution in [-0.2, 0) is 4.79 Å². The zero-order valence-corrected chi connectivity index (χ0v) is 12.7. The summed E-state index contributed by atoms with van der Waals surface area (Å²) in [7, 11) is 1.52. The summed E-state index contributed by atoms with van der Waals surface area (Å²) in [4.78, 5) is 23.0. The van der Waals surface area contributed by atoms with Crippen molar-refractivity contribution in [1.82, 2.24) is 10.9 Å². The molecule has 2 N–H and O–H groups in total. The van der Waals surface area contributed by atoms with Gasteiger partial charge in [0, 0.05) is 12.0 Å². The minimum Gasteiger partial charge on any atom is -0.493 e. The molecule has 6 heteroatoms. The van der Waals surface area contributed by atoms with Crippen molar-refractivity contribution in [3.63, 3.8) is 0 Å². The molecule has 0 bridgehead atoms. The highest BCUT2D eigenvalue weighted by Gasteiger charge is 2.11. The average Bonchev–Trinajstić information content (AvgIpc) is 2.52. The Morgan fingerprint density at radius 3 is 2.52 bits per heavy atom. The Morgan fingerprint density at radius 1 is 1.14 bits per heavy atom. The lowest BCUT2D eigenvalue weighted by atomic mass is 10.2. The van der Waals surface area contributed by atoms with Crippen LogP contribution in [0.1, 0.15) is 43.5 Å². The lowest BCUT2D eigenvalue weighted by molar-refractivity contribution is -0.121. The quantitative estimate of drug-likeness (QED) is 0.596. The fourth-order valence-electron chi connectivity index (χ4n) is 1.54. The smallest absolute Gasteiger partial charge is 0.269 e. The highest BCUT2D eigenvalue weighted by atomic mass is 16.5. The molecule has 0 saturated carbocycles. The van der Waals surface area contributed by atoms with Crippen LogP contribution < -0.4 is 20.3 Å². The third-order valence-electron chi connectivity index (χ3n) is 2.82. The van der Waals surface area contributed by atoms with E-state index in [1.165, 1.54) is 7.11 Å². The normalized spacial score (nSPS) is 9.86. The Kier molecular flexibility index (Phi) is 7.08. The molecule has 2 amide bonds. The van der Waals surface area contributed by atoms with Gasteiger partial charge in [-0.2, -0.15) is 0 Å². The van der Waals surface area contributed by atoms with Crippen LogP contribution in [0, 0.1) is 0 Å². The summed E-state index contributed by atoms with van der Waals surface area (Å²) in [6.45, 7) is 4.39. The van der Waals surface area contributed by atoms with Gasteiger partial charge in [0.25, 0.3) is 5.91 Å². The number of carbonyl (C=O) groups is 2. The zero-order valence-electron chi connectivity index (χ0n) is 12.7. The number of ether oxygens (including phenoxy) is 2. The van der Waals surface area contributed by atoms with E-state index in [1.807, 2.05) is 0 Å². The molecule has 1 aromatic rings. The number of hydrogen-bond acceptors (Lipinski definition) is 4. The molecule has 0 aliphatic carbocycles. The van der Waals surface area contributed by atoms with Gasteiger partial charge in [0.05, 0.1) is 13.7 Å². The molecule has 0 unspecified atom stereocenters. The van der Waals surface area contributed by atoms with Gasteiger partial charge in [0.15, 0.2) is 11.5 Å². The van der Waals surface area contributed by atoms with Gasteiger partial charge in [-0.25, -0.2) is 0 Å². The zero-order chi connectivity index (χ0) is 15.7. The predicted molar refractivity (Wildman–Crippen MR) is 79.3 cm³/mol. The highest BCUT2D eigenvalue weighted by Crippen LogP contribution is 2.28. The van der Waals surface area contributed by atoms with Crippen LogP contribution in [0.25, 0.3) is 0 Å². The van der Waals surface area contributed by atoms with Crippen LogP contribution in [0.4, 0.5) is 0 Å². The van der Waals surface area contributed by atoms with E-state index in [-0.39, 0.29) is 5.91 Å². The number of hydrogen-bond donors (Lipinski definition) is 2. The standard InChI is InChI=1S/C15H22N2O4/c1-4-6-9-21-12-8-7-11(10-13(12)20-3)15(19)17-16-14(18)5-2/h7-8,10H,4-6,9H2,1-3H3,(H,16,18)(H,17,19). The number of carbonyl (C=O) groups excluding carboxylic acids is 2. The maximum absolute atomic E-state index is 11.9. The first-order valence-corrected chi connectivity index (χ1v) is 7.02. The Labute approximate surface area is 124 Å². The SMILES string of the molecule is CCCCOc1ccc(C(=O)NNC(=O)CC)cc1OC. The van der Waals surface area contributed by atoms with E-state index in [0.29, 0.717) is 30.1 Å². The first-order valence-electron chi connectivity index (χ1n) is 7.02. The van der Waals surface area contributed by atoms with E-state index in [0.717, 1.165) is 12.8 Å². The lowest BCUT2D eigenvalue weighted by Crippen LogP contribution is -2.41. The molecule has 0 fully saturated rings. The van der Waals surface area contributed by atoms with Crippen LogP contribution >= 0.6 is 0 Å². The molecular formula is C15H22N2O4. The van der Waals surface area contributed by atoms with E-state index >= 15 is 0 Å². The van der Waals surface area contributed by atoms with Crippen molar-refractivity contribution in [1.29, 1.82) is 0 Å². The number of rotatable bonds is 7. The molecule has 1 aromatic carbocycles. The van der Waals surface area contributed by atoms with Gasteiger partial charge < -0.3 is 9.47 Å². The van der Waals surface area contributed by atoms with Crippen molar-refractivity contribution in [2.24, 2.45) is 0 Å². The summed E-state index contributed by atoms with van der Waals surface area (Å²) in [6, 6.07) is 4.89. The average molecular weight is 294 g/mol. The molecule has 0 aromatic heterocycles. The lowest BCUT2D eigenvalue weighted by Gasteiger charge is -2.12. The number of nitrogens with one attached hydrogen (secondary N) is 2. The highest BCUT2D eigenvalue weighted by molar-refractivity contribution is 5.95. The van der Waals surface area contributed by atoms with Crippen LogP contribution in [-0.4, -0.2) is 25.5 Å². The molecule has 0 aliphatic rings. The largest absolute Gasteiger partial charge is 0.493 e. The van der Waals surface area contributed by atoms with E-state index < -0.39 is 5.91 Å². The second kappa shape index (κ2) is 8.84. The van der Waals surface area contributed by atoms with E-state index in [1.54, 1.807) is 25.1 Å². The van der Waals surface area contributed by atoms with Gasteiger partial charge in [-0.1, -0.05) is 20.3 Å². The maximum Gasteiger partial charge on any atom is 0.269 e. The second-order valence-electron chi connectivity index (χ2n) is 4.42. The molecule has 0 spiro atoms. The molecule has 0 heterocycles. The number of amides is 2. The van der Waals surface area contributed by atoms with Gasteiger partial charge in [0.1, 0.15) is 0 Å². The van der Waals surface area contributed by atoms with Crippen molar-refractivity contribution in [2.45, 2.75) is 33.1 Å². The van der Waals surface area contributed by atoms with Crippen molar-refractivity contribution in [3.8, 4) is 11.5 Å². The molecule has 21 heavy (non-hydrogen) atoms. The monoisotopic (exact) mass is 294 g/mol. The molecular weight excluding hydrogens is 272 g/mol.